The van der Waals surface area contributed by atoms with Gasteiger partial charge in [0.25, 0.3) is 5.91 Å². The van der Waals surface area contributed by atoms with Gasteiger partial charge in [0.05, 0.1) is 0 Å². The molecular weight excluding hydrogens is 442 g/mol. The van der Waals surface area contributed by atoms with Crippen molar-refractivity contribution in [1.82, 2.24) is 15.0 Å². The maximum atomic E-state index is 12.4. The van der Waals surface area contributed by atoms with Crippen LogP contribution in [-0.2, 0) is 0 Å². The van der Waals surface area contributed by atoms with Crippen LogP contribution in [0.15, 0.2) is 85.2 Å². The quantitative estimate of drug-likeness (QED) is 0.319. The molecule has 0 aliphatic heterocycles. The minimum absolute atomic E-state index is 0.221. The lowest BCUT2D eigenvalue weighted by atomic mass is 10.2. The minimum atomic E-state index is -0.221. The standard InChI is InChI=1S/C24H16ClN5OS/c25-17-8-4-7-16(13-17)22(31)29-19-11-9-18(10-12-19)28-21-20-24(27-14-26-21)32-23(30-20)15-5-2-1-3-6-15/h1-14H,(H,29,31)(H,26,27,28). The summed E-state index contributed by atoms with van der Waals surface area (Å²) < 4.78 is 0. The van der Waals surface area contributed by atoms with Crippen LogP contribution in [0.4, 0.5) is 17.2 Å². The first-order valence-electron chi connectivity index (χ1n) is 9.77. The number of halogens is 1. The molecular formula is C24H16ClN5OS. The van der Waals surface area contributed by atoms with Gasteiger partial charge in [0, 0.05) is 27.5 Å². The number of benzene rings is 3. The predicted molar refractivity (Wildman–Crippen MR) is 130 cm³/mol. The Labute approximate surface area is 193 Å². The van der Waals surface area contributed by atoms with Crippen LogP contribution in [0.3, 0.4) is 0 Å². The maximum absolute atomic E-state index is 12.4. The Balaban J connectivity index is 1.34. The smallest absolute Gasteiger partial charge is 0.255 e. The number of hydrogen-bond donors (Lipinski definition) is 2. The summed E-state index contributed by atoms with van der Waals surface area (Å²) in [6.07, 6.45) is 1.53. The Hall–Kier alpha value is -3.81. The van der Waals surface area contributed by atoms with Gasteiger partial charge in [0.15, 0.2) is 5.82 Å². The van der Waals surface area contributed by atoms with Gasteiger partial charge in [-0.1, -0.05) is 59.3 Å². The third-order valence-electron chi connectivity index (χ3n) is 4.71. The molecule has 0 aliphatic carbocycles. The third kappa shape index (κ3) is 4.30. The second-order valence-electron chi connectivity index (χ2n) is 6.93. The molecule has 0 saturated carbocycles. The van der Waals surface area contributed by atoms with Crippen LogP contribution < -0.4 is 10.6 Å². The first-order chi connectivity index (χ1) is 15.7. The summed E-state index contributed by atoms with van der Waals surface area (Å²) in [5, 5.41) is 7.57. The van der Waals surface area contributed by atoms with Gasteiger partial charge in [0.1, 0.15) is 21.7 Å². The van der Waals surface area contributed by atoms with Crippen LogP contribution in [0.25, 0.3) is 20.9 Å². The molecule has 0 radical (unpaired) electrons. The average Bonchev–Trinajstić information content (AvgIpc) is 3.26. The van der Waals surface area contributed by atoms with E-state index < -0.39 is 0 Å². The molecule has 5 aromatic rings. The zero-order chi connectivity index (χ0) is 21.9. The second-order valence-corrected chi connectivity index (χ2v) is 8.34. The lowest BCUT2D eigenvalue weighted by Crippen LogP contribution is -2.11. The highest BCUT2D eigenvalue weighted by atomic mass is 35.5. The zero-order valence-corrected chi connectivity index (χ0v) is 18.2. The van der Waals surface area contributed by atoms with Gasteiger partial charge < -0.3 is 10.6 Å². The summed E-state index contributed by atoms with van der Waals surface area (Å²) in [6.45, 7) is 0. The van der Waals surface area contributed by atoms with Gasteiger partial charge in [-0.2, -0.15) is 0 Å². The van der Waals surface area contributed by atoms with E-state index >= 15 is 0 Å². The van der Waals surface area contributed by atoms with Crippen LogP contribution in [0.5, 0.6) is 0 Å². The monoisotopic (exact) mass is 457 g/mol. The van der Waals surface area contributed by atoms with Crippen molar-refractivity contribution in [3.05, 3.63) is 95.8 Å². The molecule has 5 rings (SSSR count). The molecule has 156 valence electrons. The highest BCUT2D eigenvalue weighted by Crippen LogP contribution is 2.32. The largest absolute Gasteiger partial charge is 0.338 e. The highest BCUT2D eigenvalue weighted by Gasteiger charge is 2.12. The van der Waals surface area contributed by atoms with E-state index in [1.807, 2.05) is 54.6 Å². The van der Waals surface area contributed by atoms with Crippen LogP contribution in [-0.4, -0.2) is 20.9 Å². The third-order valence-corrected chi connectivity index (χ3v) is 5.96. The van der Waals surface area contributed by atoms with Gasteiger partial charge in [0.2, 0.25) is 0 Å². The Morgan fingerprint density at radius 3 is 2.44 bits per heavy atom. The fourth-order valence-corrected chi connectivity index (χ4v) is 4.26. The minimum Gasteiger partial charge on any atom is -0.338 e. The number of hydrogen-bond acceptors (Lipinski definition) is 6. The van der Waals surface area contributed by atoms with Crippen LogP contribution in [0, 0.1) is 0 Å². The molecule has 2 heterocycles. The van der Waals surface area contributed by atoms with Crippen molar-refractivity contribution in [3.63, 3.8) is 0 Å². The van der Waals surface area contributed by atoms with Crippen LogP contribution in [0.2, 0.25) is 5.02 Å². The number of anilines is 3. The molecule has 3 aromatic carbocycles. The number of rotatable bonds is 5. The Bertz CT molecular complexity index is 1400. The molecule has 0 aliphatic rings. The van der Waals surface area contributed by atoms with Crippen LogP contribution >= 0.6 is 22.9 Å². The molecule has 0 bridgehead atoms. The second kappa shape index (κ2) is 8.74. The van der Waals surface area contributed by atoms with Crippen molar-refractivity contribution in [2.75, 3.05) is 10.6 Å². The van der Waals surface area contributed by atoms with Crippen molar-refractivity contribution in [2.24, 2.45) is 0 Å². The van der Waals surface area contributed by atoms with E-state index in [0.717, 1.165) is 26.6 Å². The van der Waals surface area contributed by atoms with Crippen molar-refractivity contribution < 1.29 is 4.79 Å². The van der Waals surface area contributed by atoms with E-state index in [4.69, 9.17) is 16.6 Å². The molecule has 8 heteroatoms. The number of amides is 1. The normalized spacial score (nSPS) is 10.8. The highest BCUT2D eigenvalue weighted by molar-refractivity contribution is 7.21. The number of carbonyl (C=O) groups is 1. The molecule has 2 aromatic heterocycles. The number of aromatic nitrogens is 3. The predicted octanol–water partition coefficient (Wildman–Crippen LogP) is 6.40. The molecule has 0 fully saturated rings. The van der Waals surface area contributed by atoms with E-state index in [1.54, 1.807) is 24.3 Å². The number of thiazole rings is 1. The van der Waals surface area contributed by atoms with E-state index in [1.165, 1.54) is 17.7 Å². The molecule has 0 atom stereocenters. The van der Waals surface area contributed by atoms with Crippen molar-refractivity contribution >= 4 is 56.4 Å². The number of nitrogens with zero attached hydrogens (tertiary/aromatic N) is 3. The Morgan fingerprint density at radius 2 is 1.66 bits per heavy atom. The average molecular weight is 458 g/mol. The summed E-state index contributed by atoms with van der Waals surface area (Å²) >= 11 is 7.49. The Morgan fingerprint density at radius 1 is 0.875 bits per heavy atom. The molecule has 1 amide bonds. The van der Waals surface area contributed by atoms with Gasteiger partial charge in [-0.05, 0) is 42.5 Å². The summed E-state index contributed by atoms with van der Waals surface area (Å²) in [5.41, 5.74) is 3.75. The molecule has 0 saturated heterocycles. The van der Waals surface area contributed by atoms with E-state index in [0.29, 0.717) is 22.1 Å². The van der Waals surface area contributed by atoms with Crippen molar-refractivity contribution in [3.8, 4) is 10.6 Å². The molecule has 32 heavy (non-hydrogen) atoms. The van der Waals surface area contributed by atoms with Crippen molar-refractivity contribution in [1.29, 1.82) is 0 Å². The fraction of sp³-hybridized carbons (Fsp3) is 0. The first-order valence-corrected chi connectivity index (χ1v) is 11.0. The van der Waals surface area contributed by atoms with E-state index in [2.05, 4.69) is 20.6 Å². The molecule has 0 spiro atoms. The molecule has 2 N–H and O–H groups in total. The van der Waals surface area contributed by atoms with E-state index in [-0.39, 0.29) is 5.91 Å². The zero-order valence-electron chi connectivity index (χ0n) is 16.6. The van der Waals surface area contributed by atoms with Crippen molar-refractivity contribution in [2.45, 2.75) is 0 Å². The molecule has 0 unspecified atom stereocenters. The first kappa shape index (κ1) is 20.1. The lowest BCUT2D eigenvalue weighted by Gasteiger charge is -2.08. The summed E-state index contributed by atoms with van der Waals surface area (Å²) in [4.78, 5) is 26.7. The summed E-state index contributed by atoms with van der Waals surface area (Å²) in [6, 6.07) is 24.2. The SMILES string of the molecule is O=C(Nc1ccc(Nc2ncnc3sc(-c4ccccc4)nc23)cc1)c1cccc(Cl)c1. The summed E-state index contributed by atoms with van der Waals surface area (Å²) in [5.74, 6) is 0.408. The number of fused-ring (bicyclic) bond motifs is 1. The van der Waals surface area contributed by atoms with Gasteiger partial charge in [-0.3, -0.25) is 4.79 Å². The van der Waals surface area contributed by atoms with E-state index in [9.17, 15) is 4.79 Å². The van der Waals surface area contributed by atoms with Crippen LogP contribution in [0.1, 0.15) is 10.4 Å². The van der Waals surface area contributed by atoms with Gasteiger partial charge in [-0.15, -0.1) is 0 Å². The number of carbonyl (C=O) groups excluding carboxylic acids is 1. The van der Waals surface area contributed by atoms with Gasteiger partial charge in [-0.25, -0.2) is 15.0 Å². The fourth-order valence-electron chi connectivity index (χ4n) is 3.16. The summed E-state index contributed by atoms with van der Waals surface area (Å²) in [7, 11) is 0. The topological polar surface area (TPSA) is 79.8 Å². The molecule has 6 nitrogen and oxygen atoms in total. The number of nitrogens with one attached hydrogen (secondary N) is 2. The van der Waals surface area contributed by atoms with Gasteiger partial charge >= 0.3 is 0 Å². The lowest BCUT2D eigenvalue weighted by molar-refractivity contribution is 0.102. The Kier molecular flexibility index (Phi) is 5.49. The maximum Gasteiger partial charge on any atom is 0.255 e.